The Morgan fingerprint density at radius 1 is 1.23 bits per heavy atom. The molecule has 0 aromatic carbocycles. The van der Waals surface area contributed by atoms with Crippen molar-refractivity contribution in [3.63, 3.8) is 0 Å². The molecular weight excluding hydrogens is 321 g/mol. The Kier molecular flexibility index (Phi) is 6.54. The molecule has 1 N–H and O–H groups in total. The van der Waals surface area contributed by atoms with E-state index in [1.807, 2.05) is 25.7 Å². The van der Waals surface area contributed by atoms with Crippen molar-refractivity contribution in [3.8, 4) is 0 Å². The van der Waals surface area contributed by atoms with Gasteiger partial charge in [0.15, 0.2) is 0 Å². The van der Waals surface area contributed by atoms with Gasteiger partial charge in [-0.25, -0.2) is 0 Å². The van der Waals surface area contributed by atoms with E-state index in [-0.39, 0.29) is 5.60 Å². The van der Waals surface area contributed by atoms with Crippen molar-refractivity contribution in [3.05, 3.63) is 5.01 Å². The van der Waals surface area contributed by atoms with Crippen LogP contribution in [0.1, 0.15) is 25.8 Å². The van der Waals surface area contributed by atoms with Crippen molar-refractivity contribution in [2.75, 3.05) is 31.1 Å². The van der Waals surface area contributed by atoms with Crippen molar-refractivity contribution in [2.24, 2.45) is 0 Å². The second-order valence-electron chi connectivity index (χ2n) is 5.45. The Labute approximate surface area is 130 Å². The van der Waals surface area contributed by atoms with Crippen LogP contribution >= 0.6 is 11.3 Å². The number of aromatic nitrogens is 2. The number of carbonyl (C=O) groups is 1. The summed E-state index contributed by atoms with van der Waals surface area (Å²) in [5.41, 5.74) is -0.318. The van der Waals surface area contributed by atoms with Crippen molar-refractivity contribution in [1.82, 2.24) is 15.5 Å². The average molecular weight is 340 g/mol. The van der Waals surface area contributed by atoms with Gasteiger partial charge in [0.05, 0.1) is 0 Å². The van der Waals surface area contributed by atoms with Gasteiger partial charge >= 0.3 is 6.18 Å². The van der Waals surface area contributed by atoms with E-state index >= 15 is 0 Å². The van der Waals surface area contributed by atoms with Gasteiger partial charge in [-0.3, -0.25) is 4.79 Å². The second-order valence-corrected chi connectivity index (χ2v) is 6.41. The smallest absolute Gasteiger partial charge is 0.445 e. The standard InChI is InChI=1S/C7H9F3N4S.C5H10O2/c8-7(9,10)5-12-13-6(15-5)14-3-1-11-2-4-14;1-5(2,3)7-4-6/h11H,1-4H2;4H,1-3H3. The number of halogens is 3. The molecule has 2 heterocycles. The summed E-state index contributed by atoms with van der Waals surface area (Å²) in [5.74, 6) is 0. The lowest BCUT2D eigenvalue weighted by Gasteiger charge is -2.26. The van der Waals surface area contributed by atoms with E-state index in [0.29, 0.717) is 36.0 Å². The van der Waals surface area contributed by atoms with Crippen LogP contribution in [0.4, 0.5) is 18.3 Å². The maximum atomic E-state index is 12.2. The molecule has 126 valence electrons. The van der Waals surface area contributed by atoms with Crippen LogP contribution in [-0.4, -0.2) is 48.4 Å². The minimum absolute atomic E-state index is 0.318. The Morgan fingerprint density at radius 2 is 1.82 bits per heavy atom. The van der Waals surface area contributed by atoms with Crippen molar-refractivity contribution in [1.29, 1.82) is 0 Å². The lowest BCUT2D eigenvalue weighted by atomic mass is 10.2. The predicted octanol–water partition coefficient (Wildman–Crippen LogP) is 1.92. The molecule has 0 saturated carbocycles. The molecule has 1 aromatic rings. The summed E-state index contributed by atoms with van der Waals surface area (Å²) < 4.78 is 41.3. The lowest BCUT2D eigenvalue weighted by molar-refractivity contribution is -0.139. The van der Waals surface area contributed by atoms with Crippen LogP contribution in [0.25, 0.3) is 0 Å². The molecule has 0 unspecified atom stereocenters. The Balaban J connectivity index is 0.000000295. The van der Waals surface area contributed by atoms with Gasteiger partial charge < -0.3 is 15.0 Å². The first-order valence-electron chi connectivity index (χ1n) is 6.61. The highest BCUT2D eigenvalue weighted by molar-refractivity contribution is 7.15. The molecule has 10 heteroatoms. The van der Waals surface area contributed by atoms with Crippen molar-refractivity contribution >= 4 is 22.9 Å². The fraction of sp³-hybridized carbons (Fsp3) is 0.750. The fourth-order valence-corrected chi connectivity index (χ4v) is 2.22. The first-order chi connectivity index (χ1) is 10.1. The van der Waals surface area contributed by atoms with Gasteiger partial charge in [0.2, 0.25) is 10.1 Å². The molecule has 0 aliphatic carbocycles. The molecule has 0 radical (unpaired) electrons. The molecule has 2 rings (SSSR count). The summed E-state index contributed by atoms with van der Waals surface area (Å²) in [6, 6.07) is 0. The molecule has 1 aliphatic rings. The van der Waals surface area contributed by atoms with Crippen molar-refractivity contribution in [2.45, 2.75) is 32.5 Å². The van der Waals surface area contributed by atoms with E-state index in [1.165, 1.54) is 0 Å². The molecule has 1 aliphatic heterocycles. The third-order valence-electron chi connectivity index (χ3n) is 2.45. The van der Waals surface area contributed by atoms with Gasteiger partial charge in [-0.15, -0.1) is 10.2 Å². The number of piperazine rings is 1. The maximum Gasteiger partial charge on any atom is 0.445 e. The van der Waals surface area contributed by atoms with E-state index < -0.39 is 11.2 Å². The highest BCUT2D eigenvalue weighted by Crippen LogP contribution is 2.34. The van der Waals surface area contributed by atoms with E-state index in [0.717, 1.165) is 13.1 Å². The second kappa shape index (κ2) is 7.73. The Morgan fingerprint density at radius 3 is 2.18 bits per heavy atom. The molecule has 0 bridgehead atoms. The van der Waals surface area contributed by atoms with Gasteiger partial charge in [0, 0.05) is 26.2 Å². The molecule has 0 amide bonds. The first kappa shape index (κ1) is 18.6. The van der Waals surface area contributed by atoms with Crippen molar-refractivity contribution < 1.29 is 22.7 Å². The van der Waals surface area contributed by atoms with E-state index in [1.54, 1.807) is 0 Å². The van der Waals surface area contributed by atoms with Crippen LogP contribution in [0.5, 0.6) is 0 Å². The van der Waals surface area contributed by atoms with E-state index in [4.69, 9.17) is 0 Å². The highest BCUT2D eigenvalue weighted by atomic mass is 32.1. The third-order valence-corrected chi connectivity index (χ3v) is 3.47. The quantitative estimate of drug-likeness (QED) is 0.830. The van der Waals surface area contributed by atoms with Crippen LogP contribution in [0.3, 0.4) is 0 Å². The van der Waals surface area contributed by atoms with Gasteiger partial charge in [0.1, 0.15) is 5.60 Å². The summed E-state index contributed by atoms with van der Waals surface area (Å²) in [5, 5.41) is 9.28. The van der Waals surface area contributed by atoms with Gasteiger partial charge in [-0.1, -0.05) is 11.3 Å². The Hall–Kier alpha value is -1.42. The highest BCUT2D eigenvalue weighted by Gasteiger charge is 2.36. The lowest BCUT2D eigenvalue weighted by Crippen LogP contribution is -2.43. The maximum absolute atomic E-state index is 12.2. The van der Waals surface area contributed by atoms with Crippen LogP contribution in [0.2, 0.25) is 0 Å². The van der Waals surface area contributed by atoms with Crippen LogP contribution in [-0.2, 0) is 15.7 Å². The van der Waals surface area contributed by atoms with Crippen LogP contribution in [0, 0.1) is 0 Å². The molecule has 0 spiro atoms. The number of hydrogen-bond acceptors (Lipinski definition) is 7. The SMILES string of the molecule is CC(C)(C)OC=O.FC(F)(F)c1nnc(N2CCNCC2)s1. The zero-order valence-electron chi connectivity index (χ0n) is 12.6. The number of ether oxygens (including phenoxy) is 1. The number of carbonyl (C=O) groups excluding carboxylic acids is 1. The first-order valence-corrected chi connectivity index (χ1v) is 7.43. The third kappa shape index (κ3) is 6.56. The topological polar surface area (TPSA) is 67.3 Å². The number of alkyl halides is 3. The van der Waals surface area contributed by atoms with E-state index in [9.17, 15) is 18.0 Å². The summed E-state index contributed by atoms with van der Waals surface area (Å²) in [4.78, 5) is 11.4. The molecular formula is C12H19F3N4O2S. The average Bonchev–Trinajstić information content (AvgIpc) is 2.88. The number of hydrogen-bond donors (Lipinski definition) is 1. The summed E-state index contributed by atoms with van der Waals surface area (Å²) in [6.45, 7) is 8.80. The van der Waals surface area contributed by atoms with Crippen LogP contribution < -0.4 is 10.2 Å². The number of nitrogens with zero attached hydrogens (tertiary/aromatic N) is 3. The Bertz CT molecular complexity index is 468. The minimum atomic E-state index is -4.38. The summed E-state index contributed by atoms with van der Waals surface area (Å²) >= 11 is 0.597. The molecule has 6 nitrogen and oxygen atoms in total. The molecule has 1 aromatic heterocycles. The predicted molar refractivity (Wildman–Crippen MR) is 76.9 cm³/mol. The number of nitrogens with one attached hydrogen (secondary N) is 1. The van der Waals surface area contributed by atoms with E-state index in [2.05, 4.69) is 20.3 Å². The van der Waals surface area contributed by atoms with Gasteiger partial charge in [-0.2, -0.15) is 13.2 Å². The normalized spacial score (nSPS) is 15.8. The fourth-order valence-electron chi connectivity index (χ4n) is 1.46. The minimum Gasteiger partial charge on any atom is -0.462 e. The summed E-state index contributed by atoms with van der Waals surface area (Å²) in [7, 11) is 0. The number of rotatable bonds is 2. The van der Waals surface area contributed by atoms with Gasteiger partial charge in [-0.05, 0) is 20.8 Å². The largest absolute Gasteiger partial charge is 0.462 e. The van der Waals surface area contributed by atoms with Gasteiger partial charge in [0.25, 0.3) is 6.47 Å². The van der Waals surface area contributed by atoms with Crippen LogP contribution in [0.15, 0.2) is 0 Å². The zero-order chi connectivity index (χ0) is 16.8. The zero-order valence-corrected chi connectivity index (χ0v) is 13.4. The summed E-state index contributed by atoms with van der Waals surface area (Å²) in [6.07, 6.45) is -4.38. The molecule has 0 atom stereocenters. The molecule has 22 heavy (non-hydrogen) atoms. The molecule has 1 saturated heterocycles. The molecule has 1 fully saturated rings. The monoisotopic (exact) mass is 340 g/mol. The number of anilines is 1.